The molecule has 0 saturated heterocycles. The number of nitrogens with one attached hydrogen (secondary N) is 4. The number of carbonyl (C=O) groups is 2. The number of aliphatic hydroxyl groups excluding tert-OH is 4. The van der Waals surface area contributed by atoms with Gasteiger partial charge in [0, 0.05) is 13.1 Å². The highest BCUT2D eigenvalue weighted by molar-refractivity contribution is 6.31. The molecule has 0 radical (unpaired) electrons. The van der Waals surface area contributed by atoms with Crippen molar-refractivity contribution in [3.8, 4) is 0 Å². The number of fused-ring (bicyclic) bond motifs is 1. The fraction of sp³-hybridized carbons (Fsp3) is 0.575. The van der Waals surface area contributed by atoms with E-state index in [0.717, 1.165) is 67.8 Å². The Morgan fingerprint density at radius 2 is 1.47 bits per heavy atom. The zero-order valence-corrected chi connectivity index (χ0v) is 34.0. The van der Waals surface area contributed by atoms with Crippen LogP contribution in [0.2, 0.25) is 5.15 Å². The minimum absolute atomic E-state index is 0.0899. The lowest BCUT2D eigenvalue weighted by Gasteiger charge is -2.31. The largest absolute Gasteiger partial charge is 0.390 e. The number of halogens is 1. The number of hydrogen-bond acceptors (Lipinski definition) is 13. The number of anilines is 2. The number of amides is 2. The molecule has 2 amide bonds. The Balaban J connectivity index is 1.49. The van der Waals surface area contributed by atoms with Crippen LogP contribution >= 0.6 is 11.6 Å². The molecule has 0 saturated carbocycles. The van der Waals surface area contributed by atoms with E-state index in [0.29, 0.717) is 38.9 Å². The summed E-state index contributed by atoms with van der Waals surface area (Å²) < 4.78 is 0. The Labute approximate surface area is 340 Å². The molecule has 3 aromatic rings. The van der Waals surface area contributed by atoms with Gasteiger partial charge in [0.05, 0.1) is 18.2 Å². The topological polar surface area (TPSA) is 282 Å². The molecule has 0 aliphatic carbocycles. The van der Waals surface area contributed by atoms with E-state index in [2.05, 4.69) is 62.0 Å². The van der Waals surface area contributed by atoms with E-state index >= 15 is 0 Å². The van der Waals surface area contributed by atoms with E-state index in [1.165, 1.54) is 5.56 Å². The summed E-state index contributed by atoms with van der Waals surface area (Å²) in [6.07, 6.45) is 3.39. The average Bonchev–Trinajstić information content (AvgIpc) is 3.19. The summed E-state index contributed by atoms with van der Waals surface area (Å²) in [4.78, 5) is 34.6. The predicted molar refractivity (Wildman–Crippen MR) is 225 cm³/mol. The predicted octanol–water partition coefficient (Wildman–Crippen LogP) is 2.23. The number of aromatic nitrogens is 2. The number of nitrogen functional groups attached to an aromatic ring is 2. The van der Waals surface area contributed by atoms with Crippen LogP contribution in [0.1, 0.15) is 93.3 Å². The molecule has 0 unspecified atom stereocenters. The first-order chi connectivity index (χ1) is 27.3. The summed E-state index contributed by atoms with van der Waals surface area (Å²) in [5.74, 6) is -1.63. The number of rotatable bonds is 26. The summed E-state index contributed by atoms with van der Waals surface area (Å²) in [5.41, 5.74) is 19.2. The number of aryl methyl sites for hydroxylation is 2. The van der Waals surface area contributed by atoms with Crippen molar-refractivity contribution in [3.63, 3.8) is 0 Å². The maximum atomic E-state index is 12.5. The van der Waals surface area contributed by atoms with Crippen LogP contribution in [0.5, 0.6) is 0 Å². The Morgan fingerprint density at radius 1 is 0.825 bits per heavy atom. The van der Waals surface area contributed by atoms with Crippen LogP contribution in [0.15, 0.2) is 36.4 Å². The lowest BCUT2D eigenvalue weighted by Crippen LogP contribution is -2.49. The molecule has 0 spiro atoms. The van der Waals surface area contributed by atoms with Crippen molar-refractivity contribution in [1.82, 2.24) is 30.8 Å². The Hall–Kier alpha value is -4.16. The van der Waals surface area contributed by atoms with E-state index in [-0.39, 0.29) is 41.4 Å². The molecule has 57 heavy (non-hydrogen) atoms. The Bertz CT molecular complexity index is 1740. The van der Waals surface area contributed by atoms with Crippen molar-refractivity contribution < 1.29 is 30.0 Å². The van der Waals surface area contributed by atoms with Crippen molar-refractivity contribution in [1.29, 1.82) is 5.41 Å². The van der Waals surface area contributed by atoms with Gasteiger partial charge in [0.1, 0.15) is 12.2 Å². The zero-order chi connectivity index (χ0) is 41.9. The second-order valence-corrected chi connectivity index (χ2v) is 14.8. The van der Waals surface area contributed by atoms with Gasteiger partial charge in [0.15, 0.2) is 28.4 Å². The number of nitrogens with zero attached hydrogens (tertiary/aromatic N) is 3. The van der Waals surface area contributed by atoms with Gasteiger partial charge in [-0.1, -0.05) is 81.1 Å². The highest BCUT2D eigenvalue weighted by Gasteiger charge is 2.30. The minimum atomic E-state index is -1.46. The Morgan fingerprint density at radius 3 is 2.12 bits per heavy atom. The lowest BCUT2D eigenvalue weighted by atomic mass is 9.93. The van der Waals surface area contributed by atoms with Crippen LogP contribution in [0.25, 0.3) is 10.8 Å². The van der Waals surface area contributed by atoms with Crippen LogP contribution in [0.4, 0.5) is 11.6 Å². The van der Waals surface area contributed by atoms with Gasteiger partial charge >= 0.3 is 0 Å². The van der Waals surface area contributed by atoms with Crippen LogP contribution < -0.4 is 33.2 Å². The number of aliphatic hydroxyl groups is 4. The average molecular weight is 815 g/mol. The standard InChI is InChI=1S/C40H63ClN10O6/c1-3-5-6-11-22-51(24-31(53)34(55)33(54)30(52)4-2)23-12-21-46-29(38(44)56)19-18-26-17-16-25(27-14-7-8-15-28(26)27)13-9-10-20-47-40(45)50-39(57)32-36(42)49-37(43)35(41)48-32/h7-8,14-17,29-31,33-34,46,52-55H,3-6,9-13,18-24H2,1-2H3,(H2,44,56)(H4,42,43,49)(H3,45,47,50,57)/t29-,30+,31-,33+,34+/m0/s1. The molecular formula is C40H63ClN10O6. The second-order valence-electron chi connectivity index (χ2n) is 14.5. The molecule has 0 bridgehead atoms. The molecule has 2 aromatic carbocycles. The normalized spacial score (nSPS) is 14.2. The van der Waals surface area contributed by atoms with Gasteiger partial charge in [-0.05, 0) is 92.9 Å². The van der Waals surface area contributed by atoms with Crippen LogP contribution in [0.3, 0.4) is 0 Å². The van der Waals surface area contributed by atoms with Gasteiger partial charge in [0.2, 0.25) is 5.91 Å². The highest BCUT2D eigenvalue weighted by Crippen LogP contribution is 2.26. The summed E-state index contributed by atoms with van der Waals surface area (Å²) in [7, 11) is 0. The molecule has 14 N–H and O–H groups in total. The number of guanidine groups is 1. The molecule has 316 valence electrons. The monoisotopic (exact) mass is 814 g/mol. The van der Waals surface area contributed by atoms with E-state index < -0.39 is 42.3 Å². The molecule has 0 aliphatic rings. The molecular weight excluding hydrogens is 752 g/mol. The van der Waals surface area contributed by atoms with Crippen molar-refractivity contribution in [2.24, 2.45) is 5.73 Å². The summed E-state index contributed by atoms with van der Waals surface area (Å²) in [6.45, 7) is 6.29. The number of nitrogens with two attached hydrogens (primary N) is 3. The van der Waals surface area contributed by atoms with Gasteiger partial charge < -0.3 is 53.2 Å². The molecule has 1 heterocycles. The third-order valence-corrected chi connectivity index (χ3v) is 10.3. The summed E-state index contributed by atoms with van der Waals surface area (Å²) in [5, 5.41) is 60.0. The van der Waals surface area contributed by atoms with Gasteiger partial charge in [0.25, 0.3) is 5.91 Å². The number of unbranched alkanes of at least 4 members (excludes halogenated alkanes) is 4. The number of benzene rings is 2. The zero-order valence-electron chi connectivity index (χ0n) is 33.2. The quantitative estimate of drug-likeness (QED) is 0.0316. The Kier molecular flexibility index (Phi) is 20.4. The van der Waals surface area contributed by atoms with E-state index in [4.69, 9.17) is 34.2 Å². The maximum absolute atomic E-state index is 12.5. The first-order valence-electron chi connectivity index (χ1n) is 20.0. The van der Waals surface area contributed by atoms with Crippen molar-refractivity contribution in [3.05, 3.63) is 58.4 Å². The van der Waals surface area contributed by atoms with Gasteiger partial charge in [-0.25, -0.2) is 9.97 Å². The minimum Gasteiger partial charge on any atom is -0.390 e. The number of hydrogen-bond donors (Lipinski definition) is 11. The SMILES string of the molecule is CCCCCCN(CCCN[C@@H](CCc1ccc(CCCCNC(=N)NC(=O)c2nc(Cl)c(N)nc2N)c2ccccc12)C(N)=O)C[C@H](O)[C@@H](O)[C@H](O)[C@H](O)CC. The smallest absolute Gasteiger partial charge is 0.280 e. The van der Waals surface area contributed by atoms with Crippen molar-refractivity contribution in [2.75, 3.05) is 44.2 Å². The molecule has 0 aliphatic heterocycles. The molecule has 3 rings (SSSR count). The van der Waals surface area contributed by atoms with Crippen LogP contribution in [0, 0.1) is 5.41 Å². The van der Waals surface area contributed by atoms with E-state index in [1.807, 2.05) is 12.1 Å². The molecule has 0 fully saturated rings. The third kappa shape index (κ3) is 15.3. The fourth-order valence-electron chi connectivity index (χ4n) is 6.69. The third-order valence-electron chi connectivity index (χ3n) is 10.1. The van der Waals surface area contributed by atoms with E-state index in [9.17, 15) is 30.0 Å². The van der Waals surface area contributed by atoms with Gasteiger partial charge in [-0.2, -0.15) is 0 Å². The van der Waals surface area contributed by atoms with Crippen molar-refractivity contribution >= 4 is 51.8 Å². The lowest BCUT2D eigenvalue weighted by molar-refractivity contribution is -0.120. The number of carbonyl (C=O) groups excluding carboxylic acids is 2. The van der Waals surface area contributed by atoms with Crippen LogP contribution in [-0.4, -0.2) is 116 Å². The first-order valence-corrected chi connectivity index (χ1v) is 20.3. The summed E-state index contributed by atoms with van der Waals surface area (Å²) in [6, 6.07) is 11.9. The second kappa shape index (κ2) is 24.6. The maximum Gasteiger partial charge on any atom is 0.280 e. The van der Waals surface area contributed by atoms with Gasteiger partial charge in [-0.15, -0.1) is 0 Å². The highest BCUT2D eigenvalue weighted by atomic mass is 35.5. The van der Waals surface area contributed by atoms with Crippen molar-refractivity contribution in [2.45, 2.75) is 115 Å². The molecule has 1 aromatic heterocycles. The fourth-order valence-corrected chi connectivity index (χ4v) is 6.82. The summed E-state index contributed by atoms with van der Waals surface area (Å²) >= 11 is 5.85. The van der Waals surface area contributed by atoms with Crippen LogP contribution in [-0.2, 0) is 17.6 Å². The van der Waals surface area contributed by atoms with Gasteiger partial charge in [-0.3, -0.25) is 20.3 Å². The number of primary amides is 1. The molecule has 5 atom stereocenters. The molecule has 17 heteroatoms. The van der Waals surface area contributed by atoms with E-state index in [1.54, 1.807) is 6.92 Å². The molecule has 16 nitrogen and oxygen atoms in total. The first kappa shape index (κ1) is 47.2.